The van der Waals surface area contributed by atoms with Gasteiger partial charge in [-0.05, 0) is 37.6 Å². The molecule has 0 unspecified atom stereocenters. The number of hydrogen-bond donors (Lipinski definition) is 0. The lowest BCUT2D eigenvalue weighted by atomic mass is 10.0. The minimum absolute atomic E-state index is 0.0676. The smallest absolute Gasteiger partial charge is 0.269 e. The summed E-state index contributed by atoms with van der Waals surface area (Å²) in [6.45, 7) is 5.85. The van der Waals surface area contributed by atoms with E-state index in [1.54, 1.807) is 11.3 Å². The van der Waals surface area contributed by atoms with Crippen molar-refractivity contribution in [1.82, 2.24) is 9.29 Å². The van der Waals surface area contributed by atoms with Gasteiger partial charge in [0.1, 0.15) is 0 Å². The van der Waals surface area contributed by atoms with Gasteiger partial charge < -0.3 is 4.90 Å². The van der Waals surface area contributed by atoms with Gasteiger partial charge in [-0.1, -0.05) is 17.7 Å². The first-order chi connectivity index (χ1) is 14.8. The lowest BCUT2D eigenvalue weighted by Crippen LogP contribution is -2.48. The molecule has 10 heteroatoms. The minimum Gasteiger partial charge on any atom is -0.345 e. The average Bonchev–Trinajstić information content (AvgIpc) is 3.25. The summed E-state index contributed by atoms with van der Waals surface area (Å²) in [7, 11) is -3.69. The molecule has 1 fully saturated rings. The van der Waals surface area contributed by atoms with Crippen LogP contribution in [0.15, 0.2) is 52.7 Å². The molecule has 31 heavy (non-hydrogen) atoms. The van der Waals surface area contributed by atoms with E-state index in [0.29, 0.717) is 26.2 Å². The average molecular weight is 459 g/mol. The van der Waals surface area contributed by atoms with Gasteiger partial charge in [-0.2, -0.15) is 4.31 Å². The molecule has 0 atom stereocenters. The van der Waals surface area contributed by atoms with E-state index in [-0.39, 0.29) is 10.6 Å². The molecule has 1 aliphatic heterocycles. The Bertz CT molecular complexity index is 1210. The van der Waals surface area contributed by atoms with Gasteiger partial charge in [-0.3, -0.25) is 10.1 Å². The summed E-state index contributed by atoms with van der Waals surface area (Å²) in [5.41, 5.74) is 4.26. The third kappa shape index (κ3) is 4.32. The molecular weight excluding hydrogens is 436 g/mol. The van der Waals surface area contributed by atoms with Gasteiger partial charge in [-0.15, -0.1) is 11.3 Å². The first kappa shape index (κ1) is 21.4. The van der Waals surface area contributed by atoms with Gasteiger partial charge >= 0.3 is 0 Å². The van der Waals surface area contributed by atoms with Gasteiger partial charge in [0.05, 0.1) is 15.5 Å². The van der Waals surface area contributed by atoms with Crippen molar-refractivity contribution in [2.24, 2.45) is 0 Å². The Morgan fingerprint density at radius 2 is 1.71 bits per heavy atom. The van der Waals surface area contributed by atoms with Crippen molar-refractivity contribution in [2.75, 3.05) is 31.1 Å². The van der Waals surface area contributed by atoms with Crippen LogP contribution in [-0.4, -0.2) is 48.8 Å². The Hall–Kier alpha value is -2.82. The van der Waals surface area contributed by atoms with Crippen LogP contribution >= 0.6 is 11.3 Å². The maximum atomic E-state index is 12.9. The first-order valence-electron chi connectivity index (χ1n) is 9.78. The lowest BCUT2D eigenvalue weighted by Gasteiger charge is -2.33. The van der Waals surface area contributed by atoms with Crippen LogP contribution in [0.4, 0.5) is 10.8 Å². The minimum atomic E-state index is -3.69. The van der Waals surface area contributed by atoms with E-state index in [2.05, 4.69) is 36.9 Å². The monoisotopic (exact) mass is 458 g/mol. The first-order valence-corrected chi connectivity index (χ1v) is 12.1. The maximum Gasteiger partial charge on any atom is 0.269 e. The van der Waals surface area contributed by atoms with Crippen LogP contribution in [0.5, 0.6) is 0 Å². The van der Waals surface area contributed by atoms with Gasteiger partial charge in [0.2, 0.25) is 10.0 Å². The molecule has 1 saturated heterocycles. The van der Waals surface area contributed by atoms with Crippen LogP contribution < -0.4 is 4.90 Å². The number of piperazine rings is 1. The van der Waals surface area contributed by atoms with Gasteiger partial charge in [-0.25, -0.2) is 13.4 Å². The van der Waals surface area contributed by atoms with Gasteiger partial charge in [0.25, 0.3) is 5.69 Å². The number of benzene rings is 2. The van der Waals surface area contributed by atoms with Crippen molar-refractivity contribution in [1.29, 1.82) is 0 Å². The molecular formula is C21H22N4O4S2. The van der Waals surface area contributed by atoms with Crippen molar-refractivity contribution in [3.05, 3.63) is 69.1 Å². The molecule has 1 aromatic heterocycles. The fourth-order valence-corrected chi connectivity index (χ4v) is 5.86. The second-order valence-electron chi connectivity index (χ2n) is 7.48. The summed E-state index contributed by atoms with van der Waals surface area (Å²) in [4.78, 5) is 17.2. The molecule has 2 heterocycles. The highest BCUT2D eigenvalue weighted by atomic mass is 32.2. The highest BCUT2D eigenvalue weighted by Crippen LogP contribution is 2.31. The van der Waals surface area contributed by atoms with Crippen molar-refractivity contribution < 1.29 is 13.3 Å². The van der Waals surface area contributed by atoms with E-state index in [1.807, 2.05) is 5.38 Å². The highest BCUT2D eigenvalue weighted by molar-refractivity contribution is 7.89. The standard InChI is InChI=1S/C21H22N4O4S2/c1-15-3-4-16(2)19(13-15)20-14-30-21(22-20)23-9-11-24(12-10-23)31(28,29)18-7-5-17(6-8-18)25(26)27/h3-8,13-14H,9-12H2,1-2H3. The molecule has 0 saturated carbocycles. The zero-order valence-electron chi connectivity index (χ0n) is 17.2. The van der Waals surface area contributed by atoms with Crippen LogP contribution in [0.25, 0.3) is 11.3 Å². The molecule has 0 radical (unpaired) electrons. The van der Waals surface area contributed by atoms with Crippen LogP contribution in [0, 0.1) is 24.0 Å². The zero-order valence-corrected chi connectivity index (χ0v) is 18.8. The summed E-state index contributed by atoms with van der Waals surface area (Å²) in [6.07, 6.45) is 0. The topological polar surface area (TPSA) is 96.7 Å². The van der Waals surface area contributed by atoms with Crippen molar-refractivity contribution in [3.63, 3.8) is 0 Å². The summed E-state index contributed by atoms with van der Waals surface area (Å²) in [5.74, 6) is 0. The third-order valence-corrected chi connectivity index (χ3v) is 8.17. The largest absolute Gasteiger partial charge is 0.345 e. The number of nitro benzene ring substituents is 1. The van der Waals surface area contributed by atoms with Crippen LogP contribution in [0.2, 0.25) is 0 Å². The summed E-state index contributed by atoms with van der Waals surface area (Å²) < 4.78 is 27.2. The predicted octanol–water partition coefficient (Wildman–Crippen LogP) is 3.85. The number of non-ortho nitro benzene ring substituents is 1. The van der Waals surface area contributed by atoms with Crippen molar-refractivity contribution in [3.8, 4) is 11.3 Å². The number of anilines is 1. The Labute approximate surface area is 185 Å². The fraction of sp³-hybridized carbons (Fsp3) is 0.286. The van der Waals surface area contributed by atoms with Crippen molar-refractivity contribution in [2.45, 2.75) is 18.7 Å². The van der Waals surface area contributed by atoms with E-state index in [0.717, 1.165) is 16.4 Å². The molecule has 1 aliphatic rings. The van der Waals surface area contributed by atoms with E-state index < -0.39 is 14.9 Å². The molecule has 3 aromatic rings. The van der Waals surface area contributed by atoms with Crippen LogP contribution in [0.1, 0.15) is 11.1 Å². The van der Waals surface area contributed by atoms with Gasteiger partial charge in [0, 0.05) is 49.3 Å². The number of aromatic nitrogens is 1. The molecule has 2 aromatic carbocycles. The normalized spacial score (nSPS) is 15.2. The SMILES string of the molecule is Cc1ccc(C)c(-c2csc(N3CCN(S(=O)(=O)c4ccc([N+](=O)[O-])cc4)CC3)n2)c1. The molecule has 8 nitrogen and oxygen atoms in total. The molecule has 162 valence electrons. The molecule has 4 rings (SSSR count). The highest BCUT2D eigenvalue weighted by Gasteiger charge is 2.29. The van der Waals surface area contributed by atoms with E-state index in [4.69, 9.17) is 4.98 Å². The van der Waals surface area contributed by atoms with Gasteiger partial charge in [0.15, 0.2) is 5.13 Å². The Morgan fingerprint density at radius 3 is 2.35 bits per heavy atom. The summed E-state index contributed by atoms with van der Waals surface area (Å²) >= 11 is 1.56. The molecule has 0 N–H and O–H groups in total. The summed E-state index contributed by atoms with van der Waals surface area (Å²) in [6, 6.07) is 11.3. The fourth-order valence-electron chi connectivity index (χ4n) is 3.55. The van der Waals surface area contributed by atoms with Crippen LogP contribution in [0.3, 0.4) is 0 Å². The lowest BCUT2D eigenvalue weighted by molar-refractivity contribution is -0.384. The molecule has 0 aliphatic carbocycles. The second kappa shape index (κ2) is 8.37. The molecule has 0 spiro atoms. The molecule has 0 amide bonds. The maximum absolute atomic E-state index is 12.9. The van der Waals surface area contributed by atoms with Crippen molar-refractivity contribution >= 4 is 32.2 Å². The van der Waals surface area contributed by atoms with E-state index >= 15 is 0 Å². The number of sulfonamides is 1. The Kier molecular flexibility index (Phi) is 5.78. The predicted molar refractivity (Wildman–Crippen MR) is 121 cm³/mol. The Morgan fingerprint density at radius 1 is 1.03 bits per heavy atom. The summed E-state index contributed by atoms with van der Waals surface area (Å²) in [5, 5.41) is 13.7. The molecule has 0 bridgehead atoms. The number of hydrogen-bond acceptors (Lipinski definition) is 7. The number of rotatable bonds is 5. The quantitative estimate of drug-likeness (QED) is 0.426. The number of nitro groups is 1. The third-order valence-electron chi connectivity index (χ3n) is 5.36. The number of nitrogens with zero attached hydrogens (tertiary/aromatic N) is 4. The number of aryl methyl sites for hydroxylation is 2. The number of thiazole rings is 1. The van der Waals surface area contributed by atoms with Crippen LogP contribution in [-0.2, 0) is 10.0 Å². The zero-order chi connectivity index (χ0) is 22.2. The van der Waals surface area contributed by atoms with E-state index in [9.17, 15) is 18.5 Å². The second-order valence-corrected chi connectivity index (χ2v) is 10.3. The Balaban J connectivity index is 1.46. The van der Waals surface area contributed by atoms with E-state index in [1.165, 1.54) is 39.7 Å².